The van der Waals surface area contributed by atoms with Crippen LogP contribution < -0.4 is 10.0 Å². The maximum absolute atomic E-state index is 12.3. The van der Waals surface area contributed by atoms with Gasteiger partial charge in [-0.05, 0) is 48.2 Å². The summed E-state index contributed by atoms with van der Waals surface area (Å²) in [6, 6.07) is 13.9. The van der Waals surface area contributed by atoms with Crippen molar-refractivity contribution in [1.29, 1.82) is 0 Å². The first-order valence-electron chi connectivity index (χ1n) is 8.03. The number of anilines is 1. The molecule has 0 spiro atoms. The van der Waals surface area contributed by atoms with Gasteiger partial charge < -0.3 is 5.32 Å². The van der Waals surface area contributed by atoms with E-state index in [1.54, 1.807) is 48.5 Å². The van der Waals surface area contributed by atoms with Gasteiger partial charge in [0.15, 0.2) is 0 Å². The van der Waals surface area contributed by atoms with E-state index in [0.717, 1.165) is 18.4 Å². The molecule has 7 heteroatoms. The number of nitrogens with one attached hydrogen (secondary N) is 2. The maximum atomic E-state index is 12.3. The van der Waals surface area contributed by atoms with Gasteiger partial charge in [-0.2, -0.15) is 0 Å². The molecule has 1 aliphatic carbocycles. The molecule has 5 nitrogen and oxygen atoms in total. The van der Waals surface area contributed by atoms with Crippen LogP contribution in [0.25, 0.3) is 0 Å². The van der Waals surface area contributed by atoms with Gasteiger partial charge in [0.2, 0.25) is 15.9 Å². The fourth-order valence-electron chi connectivity index (χ4n) is 2.44. The molecule has 1 saturated carbocycles. The highest BCUT2D eigenvalue weighted by Gasteiger charge is 2.23. The quantitative estimate of drug-likeness (QED) is 0.777. The summed E-state index contributed by atoms with van der Waals surface area (Å²) in [5.41, 5.74) is 1.93. The molecule has 0 heterocycles. The molecular formula is C18H19ClN2O3S. The van der Waals surface area contributed by atoms with Gasteiger partial charge >= 0.3 is 0 Å². The van der Waals surface area contributed by atoms with E-state index >= 15 is 0 Å². The van der Waals surface area contributed by atoms with Crippen molar-refractivity contribution in [3.05, 3.63) is 64.7 Å². The lowest BCUT2D eigenvalue weighted by molar-refractivity contribution is -0.120. The summed E-state index contributed by atoms with van der Waals surface area (Å²) in [7, 11) is -3.54. The monoisotopic (exact) mass is 378 g/mol. The molecule has 2 N–H and O–H groups in total. The summed E-state index contributed by atoms with van der Waals surface area (Å²) >= 11 is 5.88. The van der Waals surface area contributed by atoms with E-state index in [0.29, 0.717) is 28.7 Å². The molecule has 25 heavy (non-hydrogen) atoms. The lowest BCUT2D eigenvalue weighted by Gasteiger charge is -2.09. The third-order valence-electron chi connectivity index (χ3n) is 3.78. The van der Waals surface area contributed by atoms with E-state index in [2.05, 4.69) is 10.0 Å². The van der Waals surface area contributed by atoms with Gasteiger partial charge in [0.1, 0.15) is 0 Å². The number of benzene rings is 2. The van der Waals surface area contributed by atoms with Gasteiger partial charge in [0.25, 0.3) is 0 Å². The molecule has 0 saturated heterocycles. The molecule has 0 unspecified atom stereocenters. The van der Waals surface area contributed by atoms with E-state index in [1.807, 2.05) is 0 Å². The highest BCUT2D eigenvalue weighted by molar-refractivity contribution is 7.91. The van der Waals surface area contributed by atoms with Gasteiger partial charge in [-0.25, -0.2) is 8.42 Å². The second-order valence-corrected chi connectivity index (χ2v) is 8.37. The number of hydrogen-bond donors (Lipinski definition) is 2. The Kier molecular flexibility index (Phi) is 5.30. The average Bonchev–Trinajstić information content (AvgIpc) is 3.32. The van der Waals surface area contributed by atoms with E-state index in [4.69, 9.17) is 11.6 Å². The van der Waals surface area contributed by atoms with Crippen LogP contribution in [0.1, 0.15) is 24.0 Å². The number of amides is 1. The Hall–Kier alpha value is -2.05. The van der Waals surface area contributed by atoms with Crippen LogP contribution in [0.3, 0.4) is 0 Å². The van der Waals surface area contributed by atoms with Gasteiger partial charge in [-0.1, -0.05) is 35.9 Å². The van der Waals surface area contributed by atoms with Crippen LogP contribution in [-0.2, 0) is 27.0 Å². The third kappa shape index (κ3) is 5.76. The molecule has 2 aromatic rings. The van der Waals surface area contributed by atoms with Crippen molar-refractivity contribution in [3.8, 4) is 0 Å². The number of rotatable bonds is 7. The Morgan fingerprint density at radius 3 is 2.44 bits per heavy atom. The predicted molar refractivity (Wildman–Crippen MR) is 99.0 cm³/mol. The highest BCUT2D eigenvalue weighted by Crippen LogP contribution is 2.19. The second kappa shape index (κ2) is 7.45. The van der Waals surface area contributed by atoms with Crippen molar-refractivity contribution in [2.45, 2.75) is 31.1 Å². The Morgan fingerprint density at radius 1 is 1.08 bits per heavy atom. The predicted octanol–water partition coefficient (Wildman–Crippen LogP) is 3.10. The van der Waals surface area contributed by atoms with Crippen LogP contribution >= 0.6 is 11.6 Å². The minimum Gasteiger partial charge on any atom is -0.353 e. The lowest BCUT2D eigenvalue weighted by atomic mass is 10.1. The molecule has 2 aromatic carbocycles. The highest BCUT2D eigenvalue weighted by atomic mass is 35.5. The molecule has 1 amide bonds. The van der Waals surface area contributed by atoms with Crippen LogP contribution in [0, 0.1) is 0 Å². The van der Waals surface area contributed by atoms with Crippen LogP contribution in [0.4, 0.5) is 5.69 Å². The Labute approximate surface area is 152 Å². The molecule has 0 radical (unpaired) electrons. The molecule has 0 bridgehead atoms. The zero-order chi connectivity index (χ0) is 17.9. The van der Waals surface area contributed by atoms with Crippen molar-refractivity contribution in [2.75, 3.05) is 4.72 Å². The van der Waals surface area contributed by atoms with E-state index in [9.17, 15) is 13.2 Å². The maximum Gasteiger partial charge on any atom is 0.236 e. The minimum atomic E-state index is -3.54. The van der Waals surface area contributed by atoms with Crippen LogP contribution in [0.15, 0.2) is 48.5 Å². The summed E-state index contributed by atoms with van der Waals surface area (Å²) in [5.74, 6) is -0.157. The van der Waals surface area contributed by atoms with Crippen molar-refractivity contribution in [2.24, 2.45) is 0 Å². The third-order valence-corrected chi connectivity index (χ3v) is 5.28. The van der Waals surface area contributed by atoms with Gasteiger partial charge in [0, 0.05) is 16.8 Å². The summed E-state index contributed by atoms with van der Waals surface area (Å²) in [5, 5.41) is 3.43. The Bertz CT molecular complexity index is 862. The number of hydrogen-bond acceptors (Lipinski definition) is 3. The fraction of sp³-hybridized carbons (Fsp3) is 0.278. The van der Waals surface area contributed by atoms with E-state index in [1.165, 1.54) is 0 Å². The van der Waals surface area contributed by atoms with Crippen molar-refractivity contribution < 1.29 is 13.2 Å². The van der Waals surface area contributed by atoms with E-state index in [-0.39, 0.29) is 11.7 Å². The van der Waals surface area contributed by atoms with Gasteiger partial charge in [-0.3, -0.25) is 9.52 Å². The zero-order valence-corrected chi connectivity index (χ0v) is 15.1. The summed E-state index contributed by atoms with van der Waals surface area (Å²) < 4.78 is 27.0. The fourth-order valence-corrected chi connectivity index (χ4v) is 3.84. The van der Waals surface area contributed by atoms with Crippen molar-refractivity contribution >= 4 is 33.2 Å². The van der Waals surface area contributed by atoms with Gasteiger partial charge in [-0.15, -0.1) is 0 Å². The molecule has 0 atom stereocenters. The number of carbonyl (C=O) groups excluding carboxylic acids is 1. The van der Waals surface area contributed by atoms with Crippen LogP contribution in [0.2, 0.25) is 5.02 Å². The van der Waals surface area contributed by atoms with Crippen LogP contribution in [0.5, 0.6) is 0 Å². The SMILES string of the molecule is O=C(Cc1ccc(NS(=O)(=O)Cc2cccc(Cl)c2)cc1)NC1CC1. The Morgan fingerprint density at radius 2 is 1.80 bits per heavy atom. The van der Waals surface area contributed by atoms with Gasteiger partial charge in [0.05, 0.1) is 12.2 Å². The minimum absolute atomic E-state index is 0.00297. The Balaban J connectivity index is 1.58. The topological polar surface area (TPSA) is 75.3 Å². The first kappa shape index (κ1) is 17.8. The van der Waals surface area contributed by atoms with Crippen molar-refractivity contribution in [3.63, 3.8) is 0 Å². The first-order valence-corrected chi connectivity index (χ1v) is 10.1. The molecule has 132 valence electrons. The number of halogens is 1. The lowest BCUT2D eigenvalue weighted by Crippen LogP contribution is -2.26. The zero-order valence-electron chi connectivity index (χ0n) is 13.5. The molecular weight excluding hydrogens is 360 g/mol. The average molecular weight is 379 g/mol. The summed E-state index contributed by atoms with van der Waals surface area (Å²) in [6.07, 6.45) is 2.41. The van der Waals surface area contributed by atoms with Crippen LogP contribution in [-0.4, -0.2) is 20.4 Å². The molecule has 1 fully saturated rings. The molecule has 3 rings (SSSR count). The number of carbonyl (C=O) groups is 1. The second-order valence-electron chi connectivity index (χ2n) is 6.21. The summed E-state index contributed by atoms with van der Waals surface area (Å²) in [6.45, 7) is 0. The molecule has 0 aliphatic heterocycles. The molecule has 0 aromatic heterocycles. The number of sulfonamides is 1. The normalized spacial score (nSPS) is 14.1. The molecule has 1 aliphatic rings. The first-order chi connectivity index (χ1) is 11.9. The van der Waals surface area contributed by atoms with Crippen molar-refractivity contribution in [1.82, 2.24) is 5.32 Å². The van der Waals surface area contributed by atoms with E-state index < -0.39 is 10.0 Å². The summed E-state index contributed by atoms with van der Waals surface area (Å²) in [4.78, 5) is 11.8. The smallest absolute Gasteiger partial charge is 0.236 e. The largest absolute Gasteiger partial charge is 0.353 e. The standard InChI is InChI=1S/C18H19ClN2O3S/c19-15-3-1-2-14(10-15)12-25(23,24)21-17-6-4-13(5-7-17)11-18(22)20-16-8-9-16/h1-7,10,16,21H,8-9,11-12H2,(H,20,22).